The smallest absolute Gasteiger partial charge is 0.329 e. The predicted octanol–water partition coefficient (Wildman–Crippen LogP) is 4.04. The molecule has 1 aliphatic carbocycles. The minimum atomic E-state index is -0.644. The molecule has 37 heavy (non-hydrogen) atoms. The van der Waals surface area contributed by atoms with Crippen molar-refractivity contribution in [3.8, 4) is 0 Å². The van der Waals surface area contributed by atoms with E-state index in [4.69, 9.17) is 9.47 Å². The first-order valence-corrected chi connectivity index (χ1v) is 13.5. The van der Waals surface area contributed by atoms with E-state index in [9.17, 15) is 14.4 Å². The minimum absolute atomic E-state index is 0.0383. The van der Waals surface area contributed by atoms with Crippen molar-refractivity contribution in [2.24, 2.45) is 5.92 Å². The van der Waals surface area contributed by atoms with E-state index in [1.54, 1.807) is 18.7 Å². The second kappa shape index (κ2) is 12.9. The average Bonchev–Trinajstić information content (AvgIpc) is 3.52. The second-order valence-corrected chi connectivity index (χ2v) is 10.1. The van der Waals surface area contributed by atoms with E-state index >= 15 is 0 Å². The number of carbonyl (C=O) groups excluding carboxylic acids is 3. The summed E-state index contributed by atoms with van der Waals surface area (Å²) in [7, 11) is 0. The molecule has 0 spiro atoms. The van der Waals surface area contributed by atoms with Gasteiger partial charge in [0.05, 0.1) is 12.6 Å². The Balaban J connectivity index is 1.43. The number of rotatable bonds is 11. The van der Waals surface area contributed by atoms with Crippen LogP contribution < -0.4 is 5.32 Å². The fraction of sp³-hybridized carbons (Fsp3) is 0.500. The molecule has 2 aromatic carbocycles. The van der Waals surface area contributed by atoms with Gasteiger partial charge in [-0.05, 0) is 63.0 Å². The van der Waals surface area contributed by atoms with Gasteiger partial charge in [0.25, 0.3) is 0 Å². The van der Waals surface area contributed by atoms with Crippen LogP contribution in [0.2, 0.25) is 0 Å². The van der Waals surface area contributed by atoms with E-state index in [0.29, 0.717) is 25.2 Å². The molecule has 2 aromatic rings. The Morgan fingerprint density at radius 2 is 1.65 bits per heavy atom. The zero-order valence-electron chi connectivity index (χ0n) is 21.8. The first-order valence-electron chi connectivity index (χ1n) is 13.5. The maximum Gasteiger partial charge on any atom is 0.329 e. The lowest BCUT2D eigenvalue weighted by Gasteiger charge is -2.32. The van der Waals surface area contributed by atoms with Crippen molar-refractivity contribution in [3.63, 3.8) is 0 Å². The van der Waals surface area contributed by atoms with Gasteiger partial charge < -0.3 is 14.4 Å². The van der Waals surface area contributed by atoms with Crippen LogP contribution in [0.3, 0.4) is 0 Å². The van der Waals surface area contributed by atoms with Crippen LogP contribution in [0.15, 0.2) is 60.7 Å². The summed E-state index contributed by atoms with van der Waals surface area (Å²) in [4.78, 5) is 41.4. The van der Waals surface area contributed by atoms with Crippen molar-refractivity contribution >= 4 is 17.8 Å². The largest absolute Gasteiger partial charge is 0.465 e. The van der Waals surface area contributed by atoms with E-state index in [2.05, 4.69) is 5.32 Å². The van der Waals surface area contributed by atoms with Crippen LogP contribution in [0, 0.1) is 5.92 Å². The molecule has 7 nitrogen and oxygen atoms in total. The molecule has 5 unspecified atom stereocenters. The van der Waals surface area contributed by atoms with Crippen LogP contribution in [0.1, 0.15) is 57.1 Å². The third kappa shape index (κ3) is 6.77. The number of nitrogens with one attached hydrogen (secondary N) is 1. The highest BCUT2D eigenvalue weighted by Crippen LogP contribution is 2.42. The molecular weight excluding hydrogens is 468 g/mol. The topological polar surface area (TPSA) is 84.9 Å². The van der Waals surface area contributed by atoms with Crippen LogP contribution in [0.5, 0.6) is 0 Å². The van der Waals surface area contributed by atoms with E-state index in [-0.39, 0.29) is 37.1 Å². The fourth-order valence-electron chi connectivity index (χ4n) is 5.71. The molecule has 4 rings (SSSR count). The molecule has 1 N–H and O–H groups in total. The number of likely N-dealkylation sites (tertiary alicyclic amines) is 1. The average molecular weight is 507 g/mol. The summed E-state index contributed by atoms with van der Waals surface area (Å²) in [5, 5.41) is 3.23. The highest BCUT2D eigenvalue weighted by atomic mass is 16.5. The van der Waals surface area contributed by atoms with Gasteiger partial charge in [-0.3, -0.25) is 14.9 Å². The lowest BCUT2D eigenvalue weighted by molar-refractivity contribution is -0.156. The van der Waals surface area contributed by atoms with Gasteiger partial charge in [-0.2, -0.15) is 0 Å². The Hall–Kier alpha value is -3.19. The standard InChI is InChI=1S/C30H38N2O5/c1-3-36-29(34)25(18-17-22-11-6-4-7-12-22)31-21(2)28(33)32-26-16-10-15-24(26)19-27(32)30(35)37-20-23-13-8-5-9-14-23/h4-9,11-14,21,24-27,31H,3,10,15-20H2,1-2H3. The molecule has 198 valence electrons. The molecule has 0 bridgehead atoms. The van der Waals surface area contributed by atoms with Gasteiger partial charge in [0.15, 0.2) is 0 Å². The highest BCUT2D eigenvalue weighted by Gasteiger charge is 2.50. The summed E-state index contributed by atoms with van der Waals surface area (Å²) in [6.45, 7) is 4.00. The summed E-state index contributed by atoms with van der Waals surface area (Å²) < 4.78 is 10.9. The summed E-state index contributed by atoms with van der Waals surface area (Å²) in [6.07, 6.45) is 4.78. The number of aryl methyl sites for hydroxylation is 1. The molecule has 1 saturated heterocycles. The molecule has 2 aliphatic rings. The Morgan fingerprint density at radius 1 is 0.973 bits per heavy atom. The van der Waals surface area contributed by atoms with E-state index in [1.807, 2.05) is 60.7 Å². The fourth-order valence-corrected chi connectivity index (χ4v) is 5.71. The van der Waals surface area contributed by atoms with Crippen molar-refractivity contribution in [2.75, 3.05) is 6.61 Å². The first-order chi connectivity index (χ1) is 18.0. The molecule has 0 aromatic heterocycles. The third-order valence-electron chi connectivity index (χ3n) is 7.55. The quantitative estimate of drug-likeness (QED) is 0.463. The summed E-state index contributed by atoms with van der Waals surface area (Å²) >= 11 is 0. The predicted molar refractivity (Wildman–Crippen MR) is 140 cm³/mol. The van der Waals surface area contributed by atoms with E-state index in [0.717, 1.165) is 30.4 Å². The van der Waals surface area contributed by atoms with Crippen molar-refractivity contribution < 1.29 is 23.9 Å². The van der Waals surface area contributed by atoms with Crippen molar-refractivity contribution in [2.45, 2.75) is 83.1 Å². The third-order valence-corrected chi connectivity index (χ3v) is 7.55. The zero-order valence-corrected chi connectivity index (χ0v) is 21.8. The van der Waals surface area contributed by atoms with Crippen LogP contribution in [0.25, 0.3) is 0 Å². The molecule has 7 heteroatoms. The highest BCUT2D eigenvalue weighted by molar-refractivity contribution is 5.89. The summed E-state index contributed by atoms with van der Waals surface area (Å²) in [5.41, 5.74) is 2.03. The molecule has 1 aliphatic heterocycles. The van der Waals surface area contributed by atoms with Crippen LogP contribution in [0.4, 0.5) is 0 Å². The maximum atomic E-state index is 13.8. The number of fused-ring (bicyclic) bond motifs is 1. The monoisotopic (exact) mass is 506 g/mol. The van der Waals surface area contributed by atoms with Gasteiger partial charge in [0.2, 0.25) is 5.91 Å². The Labute approximate surface area is 219 Å². The number of carbonyl (C=O) groups is 3. The van der Waals surface area contributed by atoms with Crippen LogP contribution >= 0.6 is 0 Å². The number of ether oxygens (including phenoxy) is 2. The van der Waals surface area contributed by atoms with Gasteiger partial charge in [-0.25, -0.2) is 4.79 Å². The van der Waals surface area contributed by atoms with E-state index < -0.39 is 18.1 Å². The number of benzene rings is 2. The minimum Gasteiger partial charge on any atom is -0.465 e. The molecule has 2 fully saturated rings. The van der Waals surface area contributed by atoms with Crippen LogP contribution in [-0.2, 0) is 36.9 Å². The summed E-state index contributed by atoms with van der Waals surface area (Å²) in [5.74, 6) is -0.573. The molecule has 5 atom stereocenters. The number of hydrogen-bond acceptors (Lipinski definition) is 6. The zero-order chi connectivity index (χ0) is 26.2. The van der Waals surface area contributed by atoms with Gasteiger partial charge in [0.1, 0.15) is 18.7 Å². The van der Waals surface area contributed by atoms with Gasteiger partial charge >= 0.3 is 11.9 Å². The van der Waals surface area contributed by atoms with E-state index in [1.165, 1.54) is 0 Å². The van der Waals surface area contributed by atoms with Crippen molar-refractivity contribution in [3.05, 3.63) is 71.8 Å². The van der Waals surface area contributed by atoms with Crippen molar-refractivity contribution in [1.29, 1.82) is 0 Å². The van der Waals surface area contributed by atoms with Crippen molar-refractivity contribution in [1.82, 2.24) is 10.2 Å². The normalized spacial score (nSPS) is 22.2. The second-order valence-electron chi connectivity index (χ2n) is 10.1. The molecule has 1 heterocycles. The Kier molecular flexibility index (Phi) is 9.34. The molecule has 0 radical (unpaired) electrons. The lowest BCUT2D eigenvalue weighted by atomic mass is 10.0. The van der Waals surface area contributed by atoms with Crippen LogP contribution in [-0.4, -0.2) is 53.5 Å². The summed E-state index contributed by atoms with van der Waals surface area (Å²) in [6, 6.07) is 17.7. The molecular formula is C30H38N2O5. The Bertz CT molecular complexity index is 1040. The van der Waals surface area contributed by atoms with Gasteiger partial charge in [-0.15, -0.1) is 0 Å². The lowest BCUT2D eigenvalue weighted by Crippen LogP contribution is -2.55. The number of hydrogen-bond donors (Lipinski definition) is 1. The first kappa shape index (κ1) is 26.9. The molecule has 1 saturated carbocycles. The number of nitrogens with zero attached hydrogens (tertiary/aromatic N) is 1. The SMILES string of the molecule is CCOC(=O)C(CCc1ccccc1)NC(C)C(=O)N1C(C(=O)OCc2ccccc2)CC2CCCC21. The molecule has 1 amide bonds. The Morgan fingerprint density at radius 3 is 2.32 bits per heavy atom. The number of esters is 2. The maximum absolute atomic E-state index is 13.8. The number of amides is 1. The van der Waals surface area contributed by atoms with Gasteiger partial charge in [0, 0.05) is 6.04 Å². The van der Waals surface area contributed by atoms with Gasteiger partial charge in [-0.1, -0.05) is 67.1 Å².